The quantitative estimate of drug-likeness (QED) is 0.562. The van der Waals surface area contributed by atoms with Crippen molar-refractivity contribution in [3.63, 3.8) is 0 Å². The fourth-order valence-corrected chi connectivity index (χ4v) is 5.45. The van der Waals surface area contributed by atoms with Crippen molar-refractivity contribution < 1.29 is 4.74 Å². The van der Waals surface area contributed by atoms with E-state index in [0.717, 1.165) is 22.2 Å². The van der Waals surface area contributed by atoms with Gasteiger partial charge in [0.15, 0.2) is 5.11 Å². The van der Waals surface area contributed by atoms with Crippen molar-refractivity contribution in [3.05, 3.63) is 78.4 Å². The Morgan fingerprint density at radius 1 is 1.03 bits per heavy atom. The van der Waals surface area contributed by atoms with Crippen LogP contribution in [0.25, 0.3) is 5.69 Å². The number of pyridine rings is 1. The summed E-state index contributed by atoms with van der Waals surface area (Å²) in [7, 11) is 1.71. The van der Waals surface area contributed by atoms with Gasteiger partial charge >= 0.3 is 0 Å². The summed E-state index contributed by atoms with van der Waals surface area (Å²) >= 11 is 5.91. The Bertz CT molecular complexity index is 1040. The van der Waals surface area contributed by atoms with Gasteiger partial charge in [0.2, 0.25) is 0 Å². The van der Waals surface area contributed by atoms with Crippen molar-refractivity contribution >= 4 is 17.3 Å². The van der Waals surface area contributed by atoms with Gasteiger partial charge in [0, 0.05) is 35.9 Å². The summed E-state index contributed by atoms with van der Waals surface area (Å²) in [6, 6.07) is 19.2. The van der Waals surface area contributed by atoms with E-state index in [9.17, 15) is 0 Å². The highest BCUT2D eigenvalue weighted by atomic mass is 32.1. The summed E-state index contributed by atoms with van der Waals surface area (Å²) in [6.07, 6.45) is 10.2. The number of nitrogens with one attached hydrogen (secondary N) is 1. The zero-order valence-electron chi connectivity index (χ0n) is 17.8. The van der Waals surface area contributed by atoms with Crippen LogP contribution >= 0.6 is 12.2 Å². The van der Waals surface area contributed by atoms with Crippen LogP contribution in [-0.4, -0.2) is 32.7 Å². The Kier molecular flexibility index (Phi) is 5.64. The van der Waals surface area contributed by atoms with Crippen molar-refractivity contribution in [3.8, 4) is 11.4 Å². The van der Waals surface area contributed by atoms with Gasteiger partial charge in [-0.15, -0.1) is 0 Å². The molecule has 1 saturated carbocycles. The average molecular weight is 433 g/mol. The zero-order valence-corrected chi connectivity index (χ0v) is 18.6. The lowest BCUT2D eigenvalue weighted by Gasteiger charge is -2.37. The van der Waals surface area contributed by atoms with E-state index in [1.54, 1.807) is 7.11 Å². The highest BCUT2D eigenvalue weighted by molar-refractivity contribution is 7.80. The molecule has 31 heavy (non-hydrogen) atoms. The molecule has 2 aromatic heterocycles. The Labute approximate surface area is 189 Å². The van der Waals surface area contributed by atoms with Crippen molar-refractivity contribution in [1.29, 1.82) is 0 Å². The molecule has 3 aromatic rings. The SMILES string of the molecule is COc1cccc(-n2cccc2[C@H]2[C@H](c3ccccn3)NC(=S)N2C2CCCCC2)c1. The van der Waals surface area contributed by atoms with E-state index in [-0.39, 0.29) is 12.1 Å². The first kappa shape index (κ1) is 20.1. The molecule has 0 unspecified atom stereocenters. The second-order valence-electron chi connectivity index (χ2n) is 8.33. The summed E-state index contributed by atoms with van der Waals surface area (Å²) in [5, 5.41) is 4.45. The predicted molar refractivity (Wildman–Crippen MR) is 126 cm³/mol. The van der Waals surface area contributed by atoms with E-state index in [2.05, 4.69) is 62.4 Å². The molecule has 5 nitrogen and oxygen atoms in total. The van der Waals surface area contributed by atoms with Gasteiger partial charge in [-0.1, -0.05) is 31.4 Å². The Morgan fingerprint density at radius 2 is 1.90 bits per heavy atom. The maximum absolute atomic E-state index is 5.91. The zero-order chi connectivity index (χ0) is 21.2. The molecule has 6 heteroatoms. The molecule has 0 amide bonds. The topological polar surface area (TPSA) is 42.3 Å². The summed E-state index contributed by atoms with van der Waals surface area (Å²) < 4.78 is 7.73. The fourth-order valence-electron chi connectivity index (χ4n) is 5.07. The lowest BCUT2D eigenvalue weighted by Crippen LogP contribution is -2.40. The predicted octanol–water partition coefficient (Wildman–Crippen LogP) is 5.19. The Hall–Kier alpha value is -2.86. The van der Waals surface area contributed by atoms with Crippen molar-refractivity contribution in [2.75, 3.05) is 7.11 Å². The molecule has 5 rings (SSSR count). The first-order valence-corrected chi connectivity index (χ1v) is 11.5. The minimum atomic E-state index is 0.00915. The number of rotatable bonds is 5. The molecule has 1 aliphatic carbocycles. The number of benzene rings is 1. The normalized spacial score (nSPS) is 21.8. The molecule has 0 radical (unpaired) electrons. The molecule has 2 atom stereocenters. The van der Waals surface area contributed by atoms with Crippen LogP contribution in [0.5, 0.6) is 5.75 Å². The van der Waals surface area contributed by atoms with E-state index in [0.29, 0.717) is 6.04 Å². The molecule has 1 aliphatic heterocycles. The van der Waals surface area contributed by atoms with Crippen LogP contribution in [0, 0.1) is 0 Å². The number of thiocarbonyl (C=S) groups is 1. The standard InChI is InChI=1S/C25H28N4OS/c1-30-20-12-7-11-19(17-20)28-16-8-14-22(28)24-23(21-13-5-6-15-26-21)27-25(31)29(24)18-9-3-2-4-10-18/h5-8,11-18,23-24H,2-4,9-10H2,1H3,(H,27,31)/t23-,24-/m0/s1. The van der Waals surface area contributed by atoms with Crippen LogP contribution in [-0.2, 0) is 0 Å². The minimum Gasteiger partial charge on any atom is -0.497 e. The summed E-state index contributed by atoms with van der Waals surface area (Å²) in [5.74, 6) is 0.850. The number of ether oxygens (including phenoxy) is 1. The van der Waals surface area contributed by atoms with E-state index < -0.39 is 0 Å². The molecule has 2 aliphatic rings. The van der Waals surface area contributed by atoms with Crippen LogP contribution in [0.2, 0.25) is 0 Å². The third-order valence-electron chi connectivity index (χ3n) is 6.52. The molecule has 1 N–H and O–H groups in total. The van der Waals surface area contributed by atoms with Gasteiger partial charge in [-0.3, -0.25) is 4.98 Å². The molecule has 0 spiro atoms. The summed E-state index contributed by atoms with van der Waals surface area (Å²) in [5.41, 5.74) is 3.31. The van der Waals surface area contributed by atoms with Gasteiger partial charge in [0.1, 0.15) is 5.75 Å². The lowest BCUT2D eigenvalue weighted by molar-refractivity contribution is 0.193. The Balaban J connectivity index is 1.60. The van der Waals surface area contributed by atoms with E-state index >= 15 is 0 Å². The molecule has 160 valence electrons. The van der Waals surface area contributed by atoms with Gasteiger partial charge in [-0.2, -0.15) is 0 Å². The van der Waals surface area contributed by atoms with Crippen molar-refractivity contribution in [2.45, 2.75) is 50.2 Å². The van der Waals surface area contributed by atoms with E-state index in [1.165, 1.54) is 37.8 Å². The first-order valence-electron chi connectivity index (χ1n) is 11.1. The van der Waals surface area contributed by atoms with Gasteiger partial charge in [-0.25, -0.2) is 0 Å². The average Bonchev–Trinajstić information content (AvgIpc) is 3.44. The molecular formula is C25H28N4OS. The lowest BCUT2D eigenvalue weighted by atomic mass is 9.92. The number of aromatic nitrogens is 2. The highest BCUT2D eigenvalue weighted by Crippen LogP contribution is 2.43. The molecule has 3 heterocycles. The van der Waals surface area contributed by atoms with Gasteiger partial charge < -0.3 is 19.5 Å². The fraction of sp³-hybridized carbons (Fsp3) is 0.360. The van der Waals surface area contributed by atoms with Crippen LogP contribution in [0.3, 0.4) is 0 Å². The molecule has 2 fully saturated rings. The highest BCUT2D eigenvalue weighted by Gasteiger charge is 2.44. The van der Waals surface area contributed by atoms with Crippen LogP contribution in [0.4, 0.5) is 0 Å². The third-order valence-corrected chi connectivity index (χ3v) is 6.85. The van der Waals surface area contributed by atoms with E-state index in [1.807, 2.05) is 24.4 Å². The Morgan fingerprint density at radius 3 is 2.68 bits per heavy atom. The maximum Gasteiger partial charge on any atom is 0.170 e. The van der Waals surface area contributed by atoms with Crippen LogP contribution in [0.1, 0.15) is 55.6 Å². The molecule has 0 bridgehead atoms. The maximum atomic E-state index is 5.91. The monoisotopic (exact) mass is 432 g/mol. The van der Waals surface area contributed by atoms with Crippen LogP contribution < -0.4 is 10.1 Å². The van der Waals surface area contributed by atoms with Gasteiger partial charge in [0.05, 0.1) is 24.9 Å². The molecular weight excluding hydrogens is 404 g/mol. The first-order chi connectivity index (χ1) is 15.3. The summed E-state index contributed by atoms with van der Waals surface area (Å²) in [6.45, 7) is 0. The third kappa shape index (κ3) is 3.81. The number of methoxy groups -OCH3 is 1. The smallest absolute Gasteiger partial charge is 0.170 e. The second kappa shape index (κ2) is 8.71. The van der Waals surface area contributed by atoms with E-state index in [4.69, 9.17) is 17.0 Å². The molecule has 1 saturated heterocycles. The van der Waals surface area contributed by atoms with Crippen LogP contribution in [0.15, 0.2) is 67.0 Å². The van der Waals surface area contributed by atoms with Gasteiger partial charge in [0.25, 0.3) is 0 Å². The van der Waals surface area contributed by atoms with Crippen molar-refractivity contribution in [1.82, 2.24) is 19.8 Å². The number of hydrogen-bond acceptors (Lipinski definition) is 3. The van der Waals surface area contributed by atoms with Gasteiger partial charge in [-0.05, 0) is 61.5 Å². The largest absolute Gasteiger partial charge is 0.497 e. The number of hydrogen-bond donors (Lipinski definition) is 1. The minimum absolute atomic E-state index is 0.00915. The number of nitrogens with zero attached hydrogens (tertiary/aromatic N) is 3. The molecule has 1 aromatic carbocycles. The second-order valence-corrected chi connectivity index (χ2v) is 8.72. The summed E-state index contributed by atoms with van der Waals surface area (Å²) in [4.78, 5) is 7.14. The van der Waals surface area contributed by atoms with Crippen molar-refractivity contribution in [2.24, 2.45) is 0 Å².